The molecule has 1 saturated heterocycles. The van der Waals surface area contributed by atoms with Crippen LogP contribution in [0.1, 0.15) is 6.42 Å². The van der Waals surface area contributed by atoms with Crippen LogP contribution in [0.2, 0.25) is 0 Å². The molecule has 4 nitrogen and oxygen atoms in total. The second-order valence-electron chi connectivity index (χ2n) is 4.71. The first-order valence-electron chi connectivity index (χ1n) is 6.29. The summed E-state index contributed by atoms with van der Waals surface area (Å²) in [5.74, 6) is 0.598. The molecule has 1 atom stereocenters. The molecule has 1 aliphatic rings. The van der Waals surface area contributed by atoms with Crippen LogP contribution in [0.3, 0.4) is 0 Å². The van der Waals surface area contributed by atoms with Crippen molar-refractivity contribution in [3.8, 4) is 0 Å². The number of pyridine rings is 1. The lowest BCUT2D eigenvalue weighted by molar-refractivity contribution is 0.187. The molecule has 0 aliphatic carbocycles. The highest BCUT2D eigenvalue weighted by molar-refractivity contribution is 5.98. The highest BCUT2D eigenvalue weighted by Gasteiger charge is 2.15. The van der Waals surface area contributed by atoms with Gasteiger partial charge >= 0.3 is 0 Å². The third-order valence-electron chi connectivity index (χ3n) is 3.41. The number of hydrogen-bond acceptors (Lipinski definition) is 4. The van der Waals surface area contributed by atoms with Gasteiger partial charge in [0.25, 0.3) is 0 Å². The second-order valence-corrected chi connectivity index (χ2v) is 4.71. The number of anilines is 2. The average molecular weight is 243 g/mol. The molecule has 1 aliphatic heterocycles. The third kappa shape index (κ3) is 2.11. The van der Waals surface area contributed by atoms with E-state index in [1.807, 2.05) is 24.3 Å². The lowest BCUT2D eigenvalue weighted by Crippen LogP contribution is -2.14. The molecule has 0 bridgehead atoms. The number of benzene rings is 1. The topological polar surface area (TPSA) is 60.2 Å². The molecule has 0 spiro atoms. The Morgan fingerprint density at radius 3 is 3.17 bits per heavy atom. The second kappa shape index (κ2) is 4.82. The fourth-order valence-corrected chi connectivity index (χ4v) is 2.34. The van der Waals surface area contributed by atoms with E-state index in [1.165, 1.54) is 0 Å². The van der Waals surface area contributed by atoms with Crippen LogP contribution in [0.5, 0.6) is 0 Å². The normalized spacial score (nSPS) is 19.2. The van der Waals surface area contributed by atoms with Gasteiger partial charge in [-0.2, -0.15) is 0 Å². The highest BCUT2D eigenvalue weighted by atomic mass is 16.5. The van der Waals surface area contributed by atoms with E-state index in [-0.39, 0.29) is 0 Å². The van der Waals surface area contributed by atoms with Crippen molar-refractivity contribution in [1.29, 1.82) is 0 Å². The minimum atomic E-state index is 0.598. The number of hydrogen-bond donors (Lipinski definition) is 2. The quantitative estimate of drug-likeness (QED) is 0.812. The maximum atomic E-state index is 5.96. The predicted octanol–water partition coefficient (Wildman–Crippen LogP) is 2.27. The molecule has 0 radical (unpaired) electrons. The number of nitrogens with one attached hydrogen (secondary N) is 1. The van der Waals surface area contributed by atoms with Crippen molar-refractivity contribution in [1.82, 2.24) is 4.98 Å². The minimum Gasteiger partial charge on any atom is -0.398 e. The van der Waals surface area contributed by atoms with Crippen LogP contribution in [0.15, 0.2) is 30.5 Å². The zero-order chi connectivity index (χ0) is 12.4. The summed E-state index contributed by atoms with van der Waals surface area (Å²) in [5, 5.41) is 4.46. The zero-order valence-corrected chi connectivity index (χ0v) is 10.2. The molecule has 0 amide bonds. The molecule has 18 heavy (non-hydrogen) atoms. The maximum Gasteiger partial charge on any atom is 0.0953 e. The Hall–Kier alpha value is -1.81. The van der Waals surface area contributed by atoms with E-state index in [0.717, 1.165) is 48.5 Å². The van der Waals surface area contributed by atoms with E-state index in [1.54, 1.807) is 6.20 Å². The van der Waals surface area contributed by atoms with Gasteiger partial charge in [-0.3, -0.25) is 4.98 Å². The van der Waals surface area contributed by atoms with Crippen molar-refractivity contribution in [3.05, 3.63) is 30.5 Å². The fourth-order valence-electron chi connectivity index (χ4n) is 2.34. The first-order valence-corrected chi connectivity index (χ1v) is 6.29. The summed E-state index contributed by atoms with van der Waals surface area (Å²) < 4.78 is 5.38. The van der Waals surface area contributed by atoms with E-state index < -0.39 is 0 Å². The molecular weight excluding hydrogens is 226 g/mol. The number of aromatic nitrogens is 1. The Balaban J connectivity index is 1.85. The van der Waals surface area contributed by atoms with E-state index in [4.69, 9.17) is 10.5 Å². The predicted molar refractivity (Wildman–Crippen MR) is 73.6 cm³/mol. The van der Waals surface area contributed by atoms with Crippen molar-refractivity contribution >= 4 is 22.3 Å². The van der Waals surface area contributed by atoms with Gasteiger partial charge in [0.05, 0.1) is 17.8 Å². The van der Waals surface area contributed by atoms with Gasteiger partial charge in [0.2, 0.25) is 0 Å². The van der Waals surface area contributed by atoms with Gasteiger partial charge in [0, 0.05) is 36.3 Å². The summed E-state index contributed by atoms with van der Waals surface area (Å²) in [5.41, 5.74) is 8.72. The SMILES string of the molecule is Nc1ccc(NCC2CCOC2)c2ncccc12. The lowest BCUT2D eigenvalue weighted by Gasteiger charge is -2.13. The standard InChI is InChI=1S/C14H17N3O/c15-12-3-4-13(14-11(12)2-1-6-16-14)17-8-10-5-7-18-9-10/h1-4,6,10,17H,5,7-9,15H2. The van der Waals surface area contributed by atoms with Crippen molar-refractivity contribution in [2.45, 2.75) is 6.42 Å². The molecule has 1 aromatic heterocycles. The van der Waals surface area contributed by atoms with Crippen LogP contribution < -0.4 is 11.1 Å². The van der Waals surface area contributed by atoms with E-state index in [0.29, 0.717) is 5.92 Å². The van der Waals surface area contributed by atoms with Crippen molar-refractivity contribution < 1.29 is 4.74 Å². The summed E-state index contributed by atoms with van der Waals surface area (Å²) in [4.78, 5) is 4.41. The van der Waals surface area contributed by atoms with Gasteiger partial charge in [-0.05, 0) is 30.7 Å². The van der Waals surface area contributed by atoms with E-state index in [9.17, 15) is 0 Å². The van der Waals surface area contributed by atoms with Crippen LogP contribution in [0, 0.1) is 5.92 Å². The van der Waals surface area contributed by atoms with E-state index >= 15 is 0 Å². The van der Waals surface area contributed by atoms with Crippen LogP contribution in [-0.4, -0.2) is 24.7 Å². The van der Waals surface area contributed by atoms with Crippen molar-refractivity contribution in [3.63, 3.8) is 0 Å². The maximum absolute atomic E-state index is 5.96. The Labute approximate surface area is 106 Å². The van der Waals surface area contributed by atoms with Gasteiger partial charge in [-0.1, -0.05) is 0 Å². The zero-order valence-electron chi connectivity index (χ0n) is 10.2. The first kappa shape index (κ1) is 11.3. The largest absolute Gasteiger partial charge is 0.398 e. The number of nitrogen functional groups attached to an aromatic ring is 1. The summed E-state index contributed by atoms with van der Waals surface area (Å²) in [6.07, 6.45) is 2.93. The third-order valence-corrected chi connectivity index (χ3v) is 3.41. The Bertz CT molecular complexity index is 550. The van der Waals surface area contributed by atoms with Crippen molar-refractivity contribution in [2.75, 3.05) is 30.8 Å². The number of nitrogens with two attached hydrogens (primary N) is 1. The molecule has 1 fully saturated rings. The monoisotopic (exact) mass is 243 g/mol. The molecule has 2 aromatic rings. The Morgan fingerprint density at radius 2 is 2.33 bits per heavy atom. The van der Waals surface area contributed by atoms with Gasteiger partial charge in [0.15, 0.2) is 0 Å². The first-order chi connectivity index (χ1) is 8.84. The molecule has 3 rings (SSSR count). The summed E-state index contributed by atoms with van der Waals surface area (Å²) in [7, 11) is 0. The van der Waals surface area contributed by atoms with E-state index in [2.05, 4.69) is 10.3 Å². The number of fused-ring (bicyclic) bond motifs is 1. The smallest absolute Gasteiger partial charge is 0.0953 e. The number of rotatable bonds is 3. The Kier molecular flexibility index (Phi) is 3.02. The summed E-state index contributed by atoms with van der Waals surface area (Å²) in [6, 6.07) is 7.84. The van der Waals surface area contributed by atoms with Crippen LogP contribution in [0.4, 0.5) is 11.4 Å². The molecule has 4 heteroatoms. The summed E-state index contributed by atoms with van der Waals surface area (Å²) >= 11 is 0. The molecule has 0 saturated carbocycles. The minimum absolute atomic E-state index is 0.598. The molecule has 2 heterocycles. The molecule has 1 aromatic carbocycles. The Morgan fingerprint density at radius 1 is 1.39 bits per heavy atom. The number of ether oxygens (including phenoxy) is 1. The van der Waals surface area contributed by atoms with Gasteiger partial charge in [-0.25, -0.2) is 0 Å². The fraction of sp³-hybridized carbons (Fsp3) is 0.357. The molecular formula is C14H17N3O. The highest BCUT2D eigenvalue weighted by Crippen LogP contribution is 2.26. The lowest BCUT2D eigenvalue weighted by atomic mass is 10.1. The summed E-state index contributed by atoms with van der Waals surface area (Å²) in [6.45, 7) is 2.66. The molecule has 3 N–H and O–H groups in total. The van der Waals surface area contributed by atoms with Crippen molar-refractivity contribution in [2.24, 2.45) is 5.92 Å². The van der Waals surface area contributed by atoms with Gasteiger partial charge in [-0.15, -0.1) is 0 Å². The van der Waals surface area contributed by atoms with Crippen LogP contribution in [0.25, 0.3) is 10.9 Å². The number of nitrogens with zero attached hydrogens (tertiary/aromatic N) is 1. The van der Waals surface area contributed by atoms with Crippen LogP contribution in [-0.2, 0) is 4.74 Å². The average Bonchev–Trinajstić information content (AvgIpc) is 2.92. The molecule has 94 valence electrons. The van der Waals surface area contributed by atoms with Gasteiger partial charge < -0.3 is 15.8 Å². The molecule has 1 unspecified atom stereocenters. The van der Waals surface area contributed by atoms with Gasteiger partial charge in [0.1, 0.15) is 0 Å². The van der Waals surface area contributed by atoms with Crippen LogP contribution >= 0.6 is 0 Å².